The zero-order valence-corrected chi connectivity index (χ0v) is 13.6. The van der Waals surface area contributed by atoms with Crippen molar-refractivity contribution in [3.05, 3.63) is 53.5 Å². The van der Waals surface area contributed by atoms with E-state index in [2.05, 4.69) is 20.7 Å². The van der Waals surface area contributed by atoms with Crippen molar-refractivity contribution in [3.8, 4) is 5.69 Å². The van der Waals surface area contributed by atoms with E-state index < -0.39 is 6.55 Å². The van der Waals surface area contributed by atoms with Crippen LogP contribution in [0, 0.1) is 13.8 Å². The fourth-order valence-corrected chi connectivity index (χ4v) is 2.52. The van der Waals surface area contributed by atoms with Crippen LogP contribution in [0.4, 0.5) is 14.6 Å². The van der Waals surface area contributed by atoms with E-state index in [4.69, 9.17) is 0 Å². The van der Waals surface area contributed by atoms with Gasteiger partial charge in [-0.1, -0.05) is 23.4 Å². The molecule has 0 saturated carbocycles. The van der Waals surface area contributed by atoms with E-state index in [1.807, 2.05) is 30.3 Å². The highest BCUT2D eigenvalue weighted by molar-refractivity contribution is 5.91. The number of para-hydroxylation sites is 1. The molecule has 0 spiro atoms. The van der Waals surface area contributed by atoms with Crippen LogP contribution in [0.2, 0.25) is 0 Å². The normalized spacial score (nSPS) is 11.1. The Morgan fingerprint density at radius 2 is 1.96 bits per heavy atom. The smallest absolute Gasteiger partial charge is 0.308 e. The molecule has 1 aromatic carbocycles. The zero-order chi connectivity index (χ0) is 18.0. The first kappa shape index (κ1) is 16.7. The number of aromatic nitrogens is 5. The van der Waals surface area contributed by atoms with Crippen molar-refractivity contribution in [3.63, 3.8) is 0 Å². The van der Waals surface area contributed by atoms with Crippen molar-refractivity contribution in [1.29, 1.82) is 0 Å². The lowest BCUT2D eigenvalue weighted by Crippen LogP contribution is -2.15. The monoisotopic (exact) mass is 346 g/mol. The predicted octanol–water partition coefficient (Wildman–Crippen LogP) is 2.66. The predicted molar refractivity (Wildman–Crippen MR) is 86.6 cm³/mol. The molecule has 2 heterocycles. The van der Waals surface area contributed by atoms with Crippen LogP contribution in [0.15, 0.2) is 36.5 Å². The molecule has 7 nitrogen and oxygen atoms in total. The van der Waals surface area contributed by atoms with Gasteiger partial charge < -0.3 is 5.32 Å². The lowest BCUT2D eigenvalue weighted by atomic mass is 10.1. The average Bonchev–Trinajstić information content (AvgIpc) is 3.15. The molecule has 0 aliphatic rings. The molecule has 2 aromatic heterocycles. The van der Waals surface area contributed by atoms with Crippen LogP contribution in [-0.4, -0.2) is 30.7 Å². The van der Waals surface area contributed by atoms with E-state index in [0.717, 1.165) is 5.69 Å². The first-order chi connectivity index (χ1) is 12.0. The Kier molecular flexibility index (Phi) is 4.55. The number of aryl methyl sites for hydroxylation is 1. The van der Waals surface area contributed by atoms with Gasteiger partial charge in [0.05, 0.1) is 24.0 Å². The summed E-state index contributed by atoms with van der Waals surface area (Å²) in [5, 5.41) is 14.2. The summed E-state index contributed by atoms with van der Waals surface area (Å²) in [6.45, 7) is 0.377. The van der Waals surface area contributed by atoms with Crippen molar-refractivity contribution in [1.82, 2.24) is 24.8 Å². The number of anilines is 1. The quantitative estimate of drug-likeness (QED) is 0.770. The molecular weight excluding hydrogens is 330 g/mol. The third-order valence-corrected chi connectivity index (χ3v) is 3.78. The zero-order valence-electron chi connectivity index (χ0n) is 13.6. The lowest BCUT2D eigenvalue weighted by Gasteiger charge is -2.04. The van der Waals surface area contributed by atoms with E-state index in [9.17, 15) is 13.6 Å². The van der Waals surface area contributed by atoms with Crippen LogP contribution in [0.5, 0.6) is 0 Å². The van der Waals surface area contributed by atoms with Crippen molar-refractivity contribution < 1.29 is 13.6 Å². The fourth-order valence-electron chi connectivity index (χ4n) is 2.52. The Bertz CT molecular complexity index is 887. The molecule has 0 saturated heterocycles. The van der Waals surface area contributed by atoms with Crippen molar-refractivity contribution >= 4 is 11.7 Å². The van der Waals surface area contributed by atoms with Gasteiger partial charge in [-0.25, -0.2) is 9.36 Å². The van der Waals surface area contributed by atoms with E-state index in [0.29, 0.717) is 15.9 Å². The van der Waals surface area contributed by atoms with Gasteiger partial charge in [-0.05, 0) is 26.0 Å². The van der Waals surface area contributed by atoms with Crippen molar-refractivity contribution in [2.24, 2.45) is 0 Å². The molecule has 0 bridgehead atoms. The van der Waals surface area contributed by atoms with Gasteiger partial charge in [-0.2, -0.15) is 13.9 Å². The highest BCUT2D eigenvalue weighted by Gasteiger charge is 2.19. The second kappa shape index (κ2) is 6.80. The van der Waals surface area contributed by atoms with Gasteiger partial charge in [0, 0.05) is 11.3 Å². The molecule has 9 heteroatoms. The molecule has 25 heavy (non-hydrogen) atoms. The molecule has 3 rings (SSSR count). The third kappa shape index (κ3) is 3.54. The topological polar surface area (TPSA) is 77.6 Å². The maximum atomic E-state index is 12.8. The average molecular weight is 346 g/mol. The highest BCUT2D eigenvalue weighted by atomic mass is 19.3. The summed E-state index contributed by atoms with van der Waals surface area (Å²) in [5.41, 5.74) is 1.96. The Hall–Kier alpha value is -3.10. The molecule has 0 unspecified atom stereocenters. The van der Waals surface area contributed by atoms with Gasteiger partial charge in [-0.15, -0.1) is 5.10 Å². The summed E-state index contributed by atoms with van der Waals surface area (Å²) >= 11 is 0. The highest BCUT2D eigenvalue weighted by Crippen LogP contribution is 2.20. The largest absolute Gasteiger partial charge is 0.333 e. The molecule has 0 aliphatic carbocycles. The number of amides is 1. The van der Waals surface area contributed by atoms with Gasteiger partial charge in [0.15, 0.2) is 5.82 Å². The Morgan fingerprint density at radius 3 is 2.60 bits per heavy atom. The summed E-state index contributed by atoms with van der Waals surface area (Å²) in [5.74, 6) is -0.0921. The van der Waals surface area contributed by atoms with Crippen LogP contribution in [-0.2, 0) is 11.2 Å². The van der Waals surface area contributed by atoms with Crippen molar-refractivity contribution in [2.45, 2.75) is 26.8 Å². The van der Waals surface area contributed by atoms with Gasteiger partial charge >= 0.3 is 6.55 Å². The second-order valence-corrected chi connectivity index (χ2v) is 5.48. The minimum atomic E-state index is -2.73. The van der Waals surface area contributed by atoms with E-state index in [1.165, 1.54) is 11.6 Å². The molecule has 0 aliphatic heterocycles. The Balaban J connectivity index is 1.71. The second-order valence-electron chi connectivity index (χ2n) is 5.48. The number of carbonyl (C=O) groups is 1. The van der Waals surface area contributed by atoms with Gasteiger partial charge in [0.2, 0.25) is 5.91 Å². The van der Waals surface area contributed by atoms with Crippen LogP contribution in [0.1, 0.15) is 23.5 Å². The first-order valence-corrected chi connectivity index (χ1v) is 7.56. The van der Waals surface area contributed by atoms with E-state index >= 15 is 0 Å². The maximum absolute atomic E-state index is 12.8. The molecular formula is C16H16F2N6O. The van der Waals surface area contributed by atoms with Gasteiger partial charge in [0.25, 0.3) is 0 Å². The maximum Gasteiger partial charge on any atom is 0.333 e. The van der Waals surface area contributed by atoms with Crippen LogP contribution in [0.3, 0.4) is 0 Å². The number of benzene rings is 1. The molecule has 130 valence electrons. The number of alkyl halides is 2. The fraction of sp³-hybridized carbons (Fsp3) is 0.250. The number of hydrogen-bond acceptors (Lipinski definition) is 4. The Morgan fingerprint density at radius 1 is 1.24 bits per heavy atom. The number of carbonyl (C=O) groups excluding carboxylic acids is 1. The van der Waals surface area contributed by atoms with E-state index in [-0.39, 0.29) is 23.8 Å². The molecule has 1 N–H and O–H groups in total. The first-order valence-electron chi connectivity index (χ1n) is 7.56. The van der Waals surface area contributed by atoms with Crippen molar-refractivity contribution in [2.75, 3.05) is 5.32 Å². The number of halogens is 2. The number of rotatable bonds is 5. The number of nitrogens with one attached hydrogen (secondary N) is 1. The standard InChI is InChI=1S/C16H16F2N6O/c1-10-13(11(2)24(21-10)16(17)18)8-15(25)19-14-9-23(22-20-14)12-6-4-3-5-7-12/h3-7,9,16H,8H2,1-2H3,(H,19,25). The molecule has 1 amide bonds. The Labute approximate surface area is 142 Å². The third-order valence-electron chi connectivity index (χ3n) is 3.78. The van der Waals surface area contributed by atoms with Crippen LogP contribution >= 0.6 is 0 Å². The summed E-state index contributed by atoms with van der Waals surface area (Å²) in [6.07, 6.45) is 1.51. The van der Waals surface area contributed by atoms with Crippen LogP contribution < -0.4 is 5.32 Å². The lowest BCUT2D eigenvalue weighted by molar-refractivity contribution is -0.115. The summed E-state index contributed by atoms with van der Waals surface area (Å²) < 4.78 is 27.8. The van der Waals surface area contributed by atoms with Gasteiger partial charge in [0.1, 0.15) is 0 Å². The van der Waals surface area contributed by atoms with Gasteiger partial charge in [-0.3, -0.25) is 4.79 Å². The molecule has 0 radical (unpaired) electrons. The minimum Gasteiger partial charge on any atom is -0.308 e. The van der Waals surface area contributed by atoms with E-state index in [1.54, 1.807) is 13.1 Å². The number of nitrogens with zero attached hydrogens (tertiary/aromatic N) is 5. The SMILES string of the molecule is Cc1nn(C(F)F)c(C)c1CC(=O)Nc1cn(-c2ccccc2)nn1. The molecule has 0 fully saturated rings. The summed E-state index contributed by atoms with van der Waals surface area (Å²) in [4.78, 5) is 12.2. The molecule has 0 atom stereocenters. The molecule has 3 aromatic rings. The summed E-state index contributed by atoms with van der Waals surface area (Å²) in [6, 6.07) is 9.31. The summed E-state index contributed by atoms with van der Waals surface area (Å²) in [7, 11) is 0. The minimum absolute atomic E-state index is 0.0669. The van der Waals surface area contributed by atoms with Crippen LogP contribution in [0.25, 0.3) is 5.69 Å². The number of hydrogen-bond donors (Lipinski definition) is 1.